The second-order valence-electron chi connectivity index (χ2n) is 8.49. The number of halogens is 2. The molecule has 0 unspecified atom stereocenters. The molecule has 196 valence electrons. The van der Waals surface area contributed by atoms with E-state index in [1.165, 1.54) is 72.6 Å². The molecule has 3 aromatic carbocycles. The van der Waals surface area contributed by atoms with E-state index >= 15 is 0 Å². The summed E-state index contributed by atoms with van der Waals surface area (Å²) in [6.45, 7) is 3.02. The lowest BCUT2D eigenvalue weighted by molar-refractivity contribution is -0.140. The highest BCUT2D eigenvalue weighted by atomic mass is 35.5. The van der Waals surface area contributed by atoms with Gasteiger partial charge in [0.2, 0.25) is 11.8 Å². The van der Waals surface area contributed by atoms with Gasteiger partial charge < -0.3 is 10.2 Å². The largest absolute Gasteiger partial charge is 0.357 e. The van der Waals surface area contributed by atoms with Crippen molar-refractivity contribution in [1.29, 1.82) is 0 Å². The van der Waals surface area contributed by atoms with E-state index in [1.54, 1.807) is 19.1 Å². The molecule has 0 spiro atoms. The van der Waals surface area contributed by atoms with E-state index in [4.69, 9.17) is 11.6 Å². The van der Waals surface area contributed by atoms with Crippen molar-refractivity contribution in [2.45, 2.75) is 37.8 Å². The molecule has 1 N–H and O–H groups in total. The lowest BCUT2D eigenvalue weighted by Gasteiger charge is -2.33. The molecule has 0 saturated carbocycles. The predicted octanol–water partition coefficient (Wildman–Crippen LogP) is 4.54. The van der Waals surface area contributed by atoms with Crippen molar-refractivity contribution < 1.29 is 22.4 Å². The van der Waals surface area contributed by atoms with Crippen molar-refractivity contribution in [3.05, 3.63) is 94.8 Å². The molecule has 3 rings (SSSR count). The van der Waals surface area contributed by atoms with Crippen LogP contribution in [0.1, 0.15) is 24.5 Å². The number of carbonyl (C=O) groups excluding carboxylic acids is 2. The van der Waals surface area contributed by atoms with E-state index in [9.17, 15) is 22.4 Å². The molecule has 0 aliphatic heterocycles. The van der Waals surface area contributed by atoms with Crippen LogP contribution in [-0.2, 0) is 26.2 Å². The zero-order valence-electron chi connectivity index (χ0n) is 20.8. The molecule has 0 aliphatic carbocycles. The van der Waals surface area contributed by atoms with Crippen molar-refractivity contribution in [3.63, 3.8) is 0 Å². The van der Waals surface area contributed by atoms with Crippen molar-refractivity contribution in [1.82, 2.24) is 10.2 Å². The maximum Gasteiger partial charge on any atom is 0.264 e. The van der Waals surface area contributed by atoms with Gasteiger partial charge in [-0.2, -0.15) is 0 Å². The van der Waals surface area contributed by atoms with E-state index in [1.807, 2.05) is 6.92 Å². The Morgan fingerprint density at radius 2 is 1.57 bits per heavy atom. The monoisotopic (exact) mass is 545 g/mol. The zero-order chi connectivity index (χ0) is 27.2. The minimum Gasteiger partial charge on any atom is -0.357 e. The highest BCUT2D eigenvalue weighted by molar-refractivity contribution is 7.92. The van der Waals surface area contributed by atoms with Gasteiger partial charge in [0.25, 0.3) is 10.0 Å². The quantitative estimate of drug-likeness (QED) is 0.405. The van der Waals surface area contributed by atoms with Crippen LogP contribution < -0.4 is 9.62 Å². The number of rotatable bonds is 10. The average Bonchev–Trinajstić information content (AvgIpc) is 2.88. The Labute approximate surface area is 221 Å². The fourth-order valence-corrected chi connectivity index (χ4v) is 5.39. The van der Waals surface area contributed by atoms with Crippen LogP contribution in [-0.4, -0.2) is 44.8 Å². The number of hydrogen-bond donors (Lipinski definition) is 1. The van der Waals surface area contributed by atoms with Crippen LogP contribution in [0.3, 0.4) is 0 Å². The summed E-state index contributed by atoms with van der Waals surface area (Å²) < 4.78 is 41.9. The van der Waals surface area contributed by atoms with Crippen LogP contribution in [0.25, 0.3) is 0 Å². The summed E-state index contributed by atoms with van der Waals surface area (Å²) in [5.74, 6) is -1.42. The van der Waals surface area contributed by atoms with Crippen LogP contribution in [0.4, 0.5) is 10.1 Å². The molecular weight excluding hydrogens is 517 g/mol. The minimum absolute atomic E-state index is 0.00984. The first-order chi connectivity index (χ1) is 17.6. The summed E-state index contributed by atoms with van der Waals surface area (Å²) in [6, 6.07) is 17.1. The number of carbonyl (C=O) groups is 2. The van der Waals surface area contributed by atoms with Gasteiger partial charge in [0, 0.05) is 18.6 Å². The first-order valence-corrected chi connectivity index (χ1v) is 13.5. The highest BCUT2D eigenvalue weighted by Gasteiger charge is 2.33. The molecule has 10 heteroatoms. The van der Waals surface area contributed by atoms with Gasteiger partial charge in [-0.25, -0.2) is 12.8 Å². The number of amides is 2. The van der Waals surface area contributed by atoms with Gasteiger partial charge in [0.05, 0.1) is 10.6 Å². The van der Waals surface area contributed by atoms with E-state index in [0.717, 1.165) is 9.87 Å². The SMILES string of the molecule is CC[C@H](C(=O)NC)N(Cc1ccc(F)cc1)C(=O)CN(c1ccc(Cl)cc1)S(=O)(=O)c1ccc(C)cc1. The van der Waals surface area contributed by atoms with Crippen molar-refractivity contribution in [3.8, 4) is 0 Å². The van der Waals surface area contributed by atoms with E-state index < -0.39 is 40.2 Å². The van der Waals surface area contributed by atoms with Crippen LogP contribution in [0.5, 0.6) is 0 Å². The molecule has 0 radical (unpaired) electrons. The molecule has 37 heavy (non-hydrogen) atoms. The van der Waals surface area contributed by atoms with Gasteiger partial charge in [0.15, 0.2) is 0 Å². The van der Waals surface area contributed by atoms with Crippen LogP contribution in [0.15, 0.2) is 77.7 Å². The lowest BCUT2D eigenvalue weighted by atomic mass is 10.1. The molecule has 0 saturated heterocycles. The fraction of sp³-hybridized carbons (Fsp3) is 0.259. The third kappa shape index (κ3) is 6.87. The van der Waals surface area contributed by atoms with Gasteiger partial charge in [-0.1, -0.05) is 48.4 Å². The second-order valence-corrected chi connectivity index (χ2v) is 10.8. The van der Waals surface area contributed by atoms with Gasteiger partial charge in [-0.05, 0) is 67.4 Å². The molecule has 0 fully saturated rings. The predicted molar refractivity (Wildman–Crippen MR) is 142 cm³/mol. The Morgan fingerprint density at radius 1 is 0.973 bits per heavy atom. The zero-order valence-corrected chi connectivity index (χ0v) is 22.4. The summed E-state index contributed by atoms with van der Waals surface area (Å²) in [5, 5.41) is 2.97. The first kappa shape index (κ1) is 28.1. The average molecular weight is 546 g/mol. The molecule has 1 atom stereocenters. The number of nitrogens with one attached hydrogen (secondary N) is 1. The Kier molecular flexibility index (Phi) is 9.29. The van der Waals surface area contributed by atoms with E-state index in [-0.39, 0.29) is 23.5 Å². The molecule has 2 amide bonds. The molecule has 0 bridgehead atoms. The van der Waals surface area contributed by atoms with Crippen LogP contribution >= 0.6 is 11.6 Å². The van der Waals surface area contributed by atoms with Gasteiger partial charge >= 0.3 is 0 Å². The summed E-state index contributed by atoms with van der Waals surface area (Å²) in [6.07, 6.45) is 0.290. The molecular formula is C27H29ClFN3O4S. The Bertz CT molecular complexity index is 1330. The maximum absolute atomic E-state index is 13.8. The number of benzene rings is 3. The normalized spacial score (nSPS) is 12.0. The Hall–Kier alpha value is -3.43. The smallest absolute Gasteiger partial charge is 0.264 e. The molecule has 0 heterocycles. The van der Waals surface area contributed by atoms with Gasteiger partial charge in [0.1, 0.15) is 18.4 Å². The number of hydrogen-bond acceptors (Lipinski definition) is 4. The Balaban J connectivity index is 2.04. The summed E-state index contributed by atoms with van der Waals surface area (Å²) in [5.41, 5.74) is 1.72. The van der Waals surface area contributed by atoms with Gasteiger partial charge in [-0.3, -0.25) is 13.9 Å². The number of sulfonamides is 1. The standard InChI is InChI=1S/C27H29ClFN3O4S/c1-4-25(27(34)30-3)31(17-20-7-11-22(29)12-8-20)26(33)18-32(23-13-9-21(28)10-14-23)37(35,36)24-15-5-19(2)6-16-24/h5-16,25H,4,17-18H2,1-3H3,(H,30,34)/t25-/m1/s1. The number of nitrogens with zero attached hydrogens (tertiary/aromatic N) is 2. The summed E-state index contributed by atoms with van der Waals surface area (Å²) >= 11 is 6.02. The first-order valence-electron chi connectivity index (χ1n) is 11.7. The highest BCUT2D eigenvalue weighted by Crippen LogP contribution is 2.26. The number of likely N-dealkylation sites (N-methyl/N-ethyl adjacent to an activating group) is 1. The van der Waals surface area contributed by atoms with Crippen molar-refractivity contribution in [2.75, 3.05) is 17.9 Å². The third-order valence-corrected chi connectivity index (χ3v) is 7.94. The number of anilines is 1. The molecule has 7 nitrogen and oxygen atoms in total. The van der Waals surface area contributed by atoms with Crippen molar-refractivity contribution >= 4 is 39.1 Å². The summed E-state index contributed by atoms with van der Waals surface area (Å²) in [7, 11) is -2.69. The fourth-order valence-electron chi connectivity index (χ4n) is 3.85. The minimum atomic E-state index is -4.16. The second kappa shape index (κ2) is 12.2. The molecule has 0 aromatic heterocycles. The van der Waals surface area contributed by atoms with Gasteiger partial charge in [-0.15, -0.1) is 0 Å². The topological polar surface area (TPSA) is 86.8 Å². The van der Waals surface area contributed by atoms with Crippen molar-refractivity contribution in [2.24, 2.45) is 0 Å². The maximum atomic E-state index is 13.8. The lowest BCUT2D eigenvalue weighted by Crippen LogP contribution is -2.51. The third-order valence-electron chi connectivity index (χ3n) is 5.90. The summed E-state index contributed by atoms with van der Waals surface area (Å²) in [4.78, 5) is 27.8. The number of aryl methyl sites for hydroxylation is 1. The molecule has 3 aromatic rings. The van der Waals surface area contributed by atoms with Crippen LogP contribution in [0, 0.1) is 12.7 Å². The van der Waals surface area contributed by atoms with E-state index in [2.05, 4.69) is 5.32 Å². The van der Waals surface area contributed by atoms with E-state index in [0.29, 0.717) is 10.6 Å². The van der Waals surface area contributed by atoms with Crippen LogP contribution in [0.2, 0.25) is 5.02 Å². The Morgan fingerprint density at radius 3 is 2.11 bits per heavy atom. The molecule has 0 aliphatic rings.